The van der Waals surface area contributed by atoms with Crippen LogP contribution in [-0.4, -0.2) is 7.11 Å². The highest BCUT2D eigenvalue weighted by Gasteiger charge is 2.20. The van der Waals surface area contributed by atoms with E-state index in [9.17, 15) is 0 Å². The van der Waals surface area contributed by atoms with Crippen molar-refractivity contribution in [3.63, 3.8) is 0 Å². The summed E-state index contributed by atoms with van der Waals surface area (Å²) in [5.41, 5.74) is 2.63. The smallest absolute Gasteiger partial charge is 0.118 e. The number of rotatable bonds is 3. The molecule has 1 aliphatic carbocycles. The molecule has 1 fully saturated rings. The Morgan fingerprint density at radius 1 is 1.41 bits per heavy atom. The molecule has 0 radical (unpaired) electrons. The van der Waals surface area contributed by atoms with Crippen LogP contribution in [0, 0.1) is 17.2 Å². The van der Waals surface area contributed by atoms with Crippen LogP contribution < -0.4 is 4.74 Å². The molecule has 1 aliphatic rings. The predicted octanol–water partition coefficient (Wildman–Crippen LogP) is 3.79. The van der Waals surface area contributed by atoms with Crippen LogP contribution in [-0.2, 0) is 0 Å². The quantitative estimate of drug-likeness (QED) is 0.787. The molecule has 0 aliphatic heterocycles. The average molecular weight is 227 g/mol. The molecule has 0 amide bonds. The van der Waals surface area contributed by atoms with Crippen molar-refractivity contribution < 1.29 is 4.74 Å². The Morgan fingerprint density at radius 3 is 2.82 bits per heavy atom. The molecule has 1 atom stereocenters. The van der Waals surface area contributed by atoms with Crippen LogP contribution in [0.3, 0.4) is 0 Å². The third kappa shape index (κ3) is 2.88. The number of hydrogen-bond acceptors (Lipinski definition) is 2. The van der Waals surface area contributed by atoms with Crippen LogP contribution in [0.4, 0.5) is 0 Å². The summed E-state index contributed by atoms with van der Waals surface area (Å²) in [4.78, 5) is 0. The highest BCUT2D eigenvalue weighted by Crippen LogP contribution is 2.34. The lowest BCUT2D eigenvalue weighted by Crippen LogP contribution is -1.94. The molecule has 2 nitrogen and oxygen atoms in total. The molecule has 0 unspecified atom stereocenters. The summed E-state index contributed by atoms with van der Waals surface area (Å²) < 4.78 is 5.14. The minimum absolute atomic E-state index is 0.474. The monoisotopic (exact) mass is 227 g/mol. The molecule has 0 aromatic heterocycles. The maximum Gasteiger partial charge on any atom is 0.118 e. The molecule has 0 heterocycles. The molecular formula is C15H17NO. The maximum atomic E-state index is 8.79. The minimum atomic E-state index is 0.474. The Morgan fingerprint density at radius 2 is 2.18 bits per heavy atom. The Kier molecular flexibility index (Phi) is 3.82. The third-order valence-electron chi connectivity index (χ3n) is 3.35. The van der Waals surface area contributed by atoms with Crippen LogP contribution in [0.25, 0.3) is 6.08 Å². The average Bonchev–Trinajstić information content (AvgIpc) is 2.78. The van der Waals surface area contributed by atoms with Crippen LogP contribution >= 0.6 is 0 Å². The van der Waals surface area contributed by atoms with Gasteiger partial charge in [-0.25, -0.2) is 0 Å². The summed E-state index contributed by atoms with van der Waals surface area (Å²) in [5.74, 6) is 1.36. The van der Waals surface area contributed by atoms with E-state index in [0.29, 0.717) is 12.3 Å². The molecule has 1 aromatic rings. The Hall–Kier alpha value is -1.75. The van der Waals surface area contributed by atoms with E-state index in [1.54, 1.807) is 7.11 Å². The summed E-state index contributed by atoms with van der Waals surface area (Å²) in [6.45, 7) is 0. The largest absolute Gasteiger partial charge is 0.497 e. The number of methoxy groups -OCH3 is 1. The SMILES string of the molecule is COc1ccc(/C=C2\CCC[C@@H]2CC#N)cc1. The van der Waals surface area contributed by atoms with Gasteiger partial charge in [0.15, 0.2) is 0 Å². The van der Waals surface area contributed by atoms with Crippen LogP contribution in [0.15, 0.2) is 29.8 Å². The normalized spacial score (nSPS) is 21.4. The fourth-order valence-corrected chi connectivity index (χ4v) is 2.39. The summed E-state index contributed by atoms with van der Waals surface area (Å²) in [5, 5.41) is 8.79. The van der Waals surface area contributed by atoms with Crippen LogP contribution in [0.5, 0.6) is 5.75 Å². The fourth-order valence-electron chi connectivity index (χ4n) is 2.39. The highest BCUT2D eigenvalue weighted by atomic mass is 16.5. The van der Waals surface area contributed by atoms with Gasteiger partial charge < -0.3 is 4.74 Å². The van der Waals surface area contributed by atoms with E-state index in [-0.39, 0.29) is 0 Å². The van der Waals surface area contributed by atoms with E-state index in [1.165, 1.54) is 17.6 Å². The lowest BCUT2D eigenvalue weighted by atomic mass is 9.97. The van der Waals surface area contributed by atoms with Gasteiger partial charge >= 0.3 is 0 Å². The van der Waals surface area contributed by atoms with E-state index < -0.39 is 0 Å². The van der Waals surface area contributed by atoms with Crippen molar-refractivity contribution in [1.29, 1.82) is 5.26 Å². The molecule has 0 N–H and O–H groups in total. The molecule has 2 heteroatoms. The third-order valence-corrected chi connectivity index (χ3v) is 3.35. The van der Waals surface area contributed by atoms with Crippen LogP contribution in [0.1, 0.15) is 31.2 Å². The standard InChI is InChI=1S/C15H17NO/c1-17-15-7-5-12(6-8-15)11-14-4-2-3-13(14)9-10-16/h5-8,11,13H,2-4,9H2,1H3/b14-11+/t13-/m1/s1. The summed E-state index contributed by atoms with van der Waals surface area (Å²) in [6, 6.07) is 10.4. The zero-order chi connectivity index (χ0) is 12.1. The molecule has 17 heavy (non-hydrogen) atoms. The minimum Gasteiger partial charge on any atom is -0.497 e. The number of allylic oxidation sites excluding steroid dienone is 1. The van der Waals surface area contributed by atoms with Crippen molar-refractivity contribution in [2.24, 2.45) is 5.92 Å². The first-order valence-corrected chi connectivity index (χ1v) is 6.05. The second-order valence-electron chi connectivity index (χ2n) is 4.44. The van der Waals surface area contributed by atoms with Gasteiger partial charge in [-0.2, -0.15) is 5.26 Å². The number of hydrogen-bond donors (Lipinski definition) is 0. The zero-order valence-corrected chi connectivity index (χ0v) is 10.1. The Labute approximate surface area is 103 Å². The lowest BCUT2D eigenvalue weighted by Gasteiger charge is -2.07. The topological polar surface area (TPSA) is 33.0 Å². The van der Waals surface area contributed by atoms with Gasteiger partial charge in [0.25, 0.3) is 0 Å². The van der Waals surface area contributed by atoms with E-state index in [0.717, 1.165) is 18.6 Å². The van der Waals surface area contributed by atoms with Gasteiger partial charge in [0.1, 0.15) is 5.75 Å². The van der Waals surface area contributed by atoms with Gasteiger partial charge in [-0.15, -0.1) is 0 Å². The number of nitrogens with zero attached hydrogens (tertiary/aromatic N) is 1. The molecule has 2 rings (SSSR count). The maximum absolute atomic E-state index is 8.79. The van der Waals surface area contributed by atoms with Crippen molar-refractivity contribution in [3.05, 3.63) is 35.4 Å². The van der Waals surface area contributed by atoms with Gasteiger partial charge in [-0.05, 0) is 42.9 Å². The molecule has 0 saturated heterocycles. The van der Waals surface area contributed by atoms with E-state index in [2.05, 4.69) is 24.3 Å². The van der Waals surface area contributed by atoms with Gasteiger partial charge in [0.2, 0.25) is 0 Å². The molecule has 88 valence electrons. The van der Waals surface area contributed by atoms with Crippen molar-refractivity contribution in [2.45, 2.75) is 25.7 Å². The first kappa shape index (κ1) is 11.7. The molecule has 1 aromatic carbocycles. The first-order valence-electron chi connectivity index (χ1n) is 6.05. The predicted molar refractivity (Wildman–Crippen MR) is 68.5 cm³/mol. The van der Waals surface area contributed by atoms with Gasteiger partial charge in [-0.3, -0.25) is 0 Å². The molecule has 0 spiro atoms. The van der Waals surface area contributed by atoms with Crippen molar-refractivity contribution in [2.75, 3.05) is 7.11 Å². The van der Waals surface area contributed by atoms with Gasteiger partial charge in [0, 0.05) is 6.42 Å². The summed E-state index contributed by atoms with van der Waals surface area (Å²) in [6.07, 6.45) is 6.40. The zero-order valence-electron chi connectivity index (χ0n) is 10.1. The Balaban J connectivity index is 2.14. The molecule has 0 bridgehead atoms. The Bertz CT molecular complexity index is 439. The highest BCUT2D eigenvalue weighted by molar-refractivity contribution is 5.55. The van der Waals surface area contributed by atoms with Crippen molar-refractivity contribution in [1.82, 2.24) is 0 Å². The van der Waals surface area contributed by atoms with E-state index >= 15 is 0 Å². The van der Waals surface area contributed by atoms with E-state index in [1.807, 2.05) is 12.1 Å². The molecule has 1 saturated carbocycles. The van der Waals surface area contributed by atoms with Crippen molar-refractivity contribution >= 4 is 6.08 Å². The lowest BCUT2D eigenvalue weighted by molar-refractivity contribution is 0.415. The van der Waals surface area contributed by atoms with E-state index in [4.69, 9.17) is 10.00 Å². The fraction of sp³-hybridized carbons (Fsp3) is 0.400. The second-order valence-corrected chi connectivity index (χ2v) is 4.44. The molecular weight excluding hydrogens is 210 g/mol. The number of ether oxygens (including phenoxy) is 1. The van der Waals surface area contributed by atoms with Gasteiger partial charge in [-0.1, -0.05) is 23.8 Å². The van der Waals surface area contributed by atoms with Crippen molar-refractivity contribution in [3.8, 4) is 11.8 Å². The number of benzene rings is 1. The first-order chi connectivity index (χ1) is 8.33. The second kappa shape index (κ2) is 5.54. The van der Waals surface area contributed by atoms with Gasteiger partial charge in [0.05, 0.1) is 13.2 Å². The summed E-state index contributed by atoms with van der Waals surface area (Å²) >= 11 is 0. The van der Waals surface area contributed by atoms with Crippen LogP contribution in [0.2, 0.25) is 0 Å². The number of nitriles is 1. The summed E-state index contributed by atoms with van der Waals surface area (Å²) in [7, 11) is 1.67.